The van der Waals surface area contributed by atoms with Crippen molar-refractivity contribution in [3.63, 3.8) is 0 Å². The van der Waals surface area contributed by atoms with Gasteiger partial charge in [-0.25, -0.2) is 0 Å². The third-order valence-corrected chi connectivity index (χ3v) is 8.93. The van der Waals surface area contributed by atoms with Crippen LogP contribution in [0.3, 0.4) is 0 Å². The van der Waals surface area contributed by atoms with Gasteiger partial charge in [0, 0.05) is 12.0 Å². The van der Waals surface area contributed by atoms with Gasteiger partial charge in [0.15, 0.2) is 0 Å². The highest BCUT2D eigenvalue weighted by atomic mass is 16.5. The van der Waals surface area contributed by atoms with Crippen LogP contribution in [0.2, 0.25) is 0 Å². The molecule has 156 valence electrons. The number of carbonyl (C=O) groups excluding carboxylic acids is 1. The van der Waals surface area contributed by atoms with Crippen LogP contribution < -0.4 is 0 Å². The van der Waals surface area contributed by atoms with Crippen molar-refractivity contribution in [3.8, 4) is 0 Å². The van der Waals surface area contributed by atoms with E-state index in [1.165, 1.54) is 0 Å². The maximum Gasteiger partial charge on any atom is 0.315 e. The molecular formula is C24H36O4. The third kappa shape index (κ3) is 2.11. The summed E-state index contributed by atoms with van der Waals surface area (Å²) in [5.74, 6) is 1.07. The number of aliphatic carboxylic acids is 1. The molecule has 4 aliphatic carbocycles. The lowest BCUT2D eigenvalue weighted by atomic mass is 9.43. The van der Waals surface area contributed by atoms with Crippen molar-refractivity contribution < 1.29 is 19.4 Å². The average Bonchev–Trinajstić information content (AvgIpc) is 3.18. The molecular weight excluding hydrogens is 352 g/mol. The molecule has 0 aliphatic heterocycles. The highest BCUT2D eigenvalue weighted by Gasteiger charge is 2.84. The van der Waals surface area contributed by atoms with Gasteiger partial charge < -0.3 is 14.6 Å². The Hall–Kier alpha value is -1.16. The van der Waals surface area contributed by atoms with Gasteiger partial charge in [0.2, 0.25) is 0 Å². The van der Waals surface area contributed by atoms with Crippen LogP contribution in [-0.2, 0) is 14.3 Å². The maximum atomic E-state index is 13.2. The number of carboxylic acid groups (broad SMARTS) is 1. The second kappa shape index (κ2) is 6.42. The average molecular weight is 389 g/mol. The number of allylic oxidation sites excluding steroid dienone is 1. The summed E-state index contributed by atoms with van der Waals surface area (Å²) in [6.45, 7) is 11.8. The number of fused-ring (bicyclic) bond motifs is 2. The predicted molar refractivity (Wildman–Crippen MR) is 108 cm³/mol. The number of hydrogen-bond acceptors (Lipinski definition) is 3. The lowest BCUT2D eigenvalue weighted by Gasteiger charge is -2.58. The second-order valence-corrected chi connectivity index (χ2v) is 10.9. The molecule has 4 nitrogen and oxygen atoms in total. The Labute approximate surface area is 169 Å². The minimum atomic E-state index is -1.09. The molecule has 0 aromatic rings. The van der Waals surface area contributed by atoms with Crippen LogP contribution >= 0.6 is 0 Å². The second-order valence-electron chi connectivity index (χ2n) is 10.9. The Morgan fingerprint density at radius 2 is 2.00 bits per heavy atom. The predicted octanol–water partition coefficient (Wildman–Crippen LogP) is 4.58. The molecule has 0 saturated heterocycles. The molecule has 0 radical (unpaired) electrons. The van der Waals surface area contributed by atoms with E-state index in [4.69, 9.17) is 4.74 Å². The lowest BCUT2D eigenvalue weighted by molar-refractivity contribution is -0.186. The van der Waals surface area contributed by atoms with Crippen molar-refractivity contribution in [2.45, 2.75) is 60.3 Å². The van der Waals surface area contributed by atoms with Crippen LogP contribution in [0.25, 0.3) is 0 Å². The lowest BCUT2D eigenvalue weighted by Crippen LogP contribution is -2.63. The molecule has 4 bridgehead atoms. The summed E-state index contributed by atoms with van der Waals surface area (Å²) in [4.78, 5) is 26.0. The first-order valence-electron chi connectivity index (χ1n) is 11.2. The maximum absolute atomic E-state index is 13.2. The fourth-order valence-electron chi connectivity index (χ4n) is 8.11. The summed E-state index contributed by atoms with van der Waals surface area (Å²) in [5.41, 5.74) is -1.35. The molecule has 0 spiro atoms. The van der Waals surface area contributed by atoms with Crippen molar-refractivity contribution in [1.29, 1.82) is 0 Å². The summed E-state index contributed by atoms with van der Waals surface area (Å²) in [6.07, 6.45) is 7.00. The molecule has 4 heteroatoms. The first-order chi connectivity index (χ1) is 13.2. The van der Waals surface area contributed by atoms with E-state index < -0.39 is 22.2 Å². The van der Waals surface area contributed by atoms with E-state index in [9.17, 15) is 14.7 Å². The van der Waals surface area contributed by atoms with Gasteiger partial charge in [0.25, 0.3) is 0 Å². The molecule has 7 atom stereocenters. The Morgan fingerprint density at radius 1 is 1.29 bits per heavy atom. The van der Waals surface area contributed by atoms with Gasteiger partial charge in [-0.3, -0.25) is 4.79 Å². The number of hydrogen-bond donors (Lipinski definition) is 1. The fourth-order valence-corrected chi connectivity index (χ4v) is 8.11. The first-order valence-corrected chi connectivity index (χ1v) is 11.2. The van der Waals surface area contributed by atoms with Crippen LogP contribution in [0.1, 0.15) is 60.3 Å². The van der Waals surface area contributed by atoms with Crippen LogP contribution in [0.15, 0.2) is 11.6 Å². The SMILES string of the molecule is CC(C)COC[C@]12CC3C(C)CCC3[C@@]3(C=O)CC1C=C(C(C)C)[C@@]23C(=O)O. The Bertz CT molecular complexity index is 709. The zero-order chi connectivity index (χ0) is 20.5. The Kier molecular flexibility index (Phi) is 4.61. The largest absolute Gasteiger partial charge is 0.481 e. The minimum absolute atomic E-state index is 0.126. The molecule has 28 heavy (non-hydrogen) atoms. The van der Waals surface area contributed by atoms with Crippen LogP contribution in [0.4, 0.5) is 0 Å². The third-order valence-electron chi connectivity index (χ3n) is 8.93. The van der Waals surface area contributed by atoms with Crippen LogP contribution in [0, 0.1) is 51.8 Å². The first kappa shape index (κ1) is 20.1. The summed E-state index contributed by atoms with van der Waals surface area (Å²) < 4.78 is 6.20. The van der Waals surface area contributed by atoms with E-state index in [1.807, 2.05) is 0 Å². The molecule has 0 aromatic carbocycles. The molecule has 3 fully saturated rings. The molecule has 1 N–H and O–H groups in total. The number of ether oxygens (including phenoxy) is 1. The zero-order valence-electron chi connectivity index (χ0n) is 18.0. The van der Waals surface area contributed by atoms with E-state index in [0.717, 1.165) is 31.1 Å². The number of carbonyl (C=O) groups is 2. The van der Waals surface area contributed by atoms with Crippen molar-refractivity contribution in [2.75, 3.05) is 13.2 Å². The van der Waals surface area contributed by atoms with E-state index in [2.05, 4.69) is 40.7 Å². The zero-order valence-corrected chi connectivity index (χ0v) is 18.0. The summed E-state index contributed by atoms with van der Waals surface area (Å²) in [7, 11) is 0. The number of carboxylic acids is 1. The van der Waals surface area contributed by atoms with Gasteiger partial charge in [-0.1, -0.05) is 52.7 Å². The number of rotatable bonds is 7. The van der Waals surface area contributed by atoms with Gasteiger partial charge in [-0.05, 0) is 54.8 Å². The highest BCUT2D eigenvalue weighted by Crippen LogP contribution is 2.82. The van der Waals surface area contributed by atoms with E-state index in [1.54, 1.807) is 0 Å². The van der Waals surface area contributed by atoms with Crippen LogP contribution in [0.5, 0.6) is 0 Å². The molecule has 4 rings (SSSR count). The van der Waals surface area contributed by atoms with Crippen LogP contribution in [-0.4, -0.2) is 30.6 Å². The van der Waals surface area contributed by atoms with Crippen molar-refractivity contribution in [1.82, 2.24) is 0 Å². The molecule has 4 unspecified atom stereocenters. The van der Waals surface area contributed by atoms with Gasteiger partial charge in [0.05, 0.1) is 12.0 Å². The van der Waals surface area contributed by atoms with Gasteiger partial charge in [-0.15, -0.1) is 0 Å². The number of aldehydes is 1. The molecule has 4 aliphatic rings. The minimum Gasteiger partial charge on any atom is -0.481 e. The Balaban J connectivity index is 1.90. The monoisotopic (exact) mass is 388 g/mol. The molecule has 0 aromatic heterocycles. The summed E-state index contributed by atoms with van der Waals surface area (Å²) in [5, 5.41) is 10.8. The topological polar surface area (TPSA) is 63.6 Å². The van der Waals surface area contributed by atoms with E-state index >= 15 is 0 Å². The van der Waals surface area contributed by atoms with Gasteiger partial charge in [0.1, 0.15) is 11.7 Å². The summed E-state index contributed by atoms with van der Waals surface area (Å²) >= 11 is 0. The fraction of sp³-hybridized carbons (Fsp3) is 0.833. The van der Waals surface area contributed by atoms with Crippen molar-refractivity contribution in [3.05, 3.63) is 11.6 Å². The highest BCUT2D eigenvalue weighted by molar-refractivity contribution is 5.90. The van der Waals surface area contributed by atoms with Gasteiger partial charge >= 0.3 is 5.97 Å². The van der Waals surface area contributed by atoms with E-state index in [0.29, 0.717) is 37.4 Å². The standard InChI is InChI=1S/C24H36O4/c1-14(2)11-28-13-23-10-18-16(5)6-7-19(18)22(12-25)9-17(23)8-20(15(3)4)24(22,23)21(26)27/h8,12,14-19H,6-7,9-11,13H2,1-5H3,(H,26,27)/t16?,17?,18?,19?,22-,23+,24-/m0/s1. The van der Waals surface area contributed by atoms with Gasteiger partial charge in [-0.2, -0.15) is 0 Å². The molecule has 3 saturated carbocycles. The van der Waals surface area contributed by atoms with Crippen molar-refractivity contribution >= 4 is 12.3 Å². The quantitative estimate of drug-likeness (QED) is 0.512. The Morgan fingerprint density at radius 3 is 2.57 bits per heavy atom. The van der Waals surface area contributed by atoms with Crippen molar-refractivity contribution in [2.24, 2.45) is 51.8 Å². The van der Waals surface area contributed by atoms with E-state index in [-0.39, 0.29) is 17.8 Å². The summed E-state index contributed by atoms with van der Waals surface area (Å²) in [6, 6.07) is 0. The normalized spacial score (nSPS) is 46.2. The molecule has 0 heterocycles. The smallest absolute Gasteiger partial charge is 0.315 e. The molecule has 0 amide bonds.